The summed E-state index contributed by atoms with van der Waals surface area (Å²) in [6, 6.07) is 17.8. The van der Waals surface area contributed by atoms with Crippen LogP contribution < -0.4 is 0 Å². The zero-order chi connectivity index (χ0) is 16.8. The van der Waals surface area contributed by atoms with Gasteiger partial charge in [-0.2, -0.15) is 0 Å². The van der Waals surface area contributed by atoms with Crippen molar-refractivity contribution < 1.29 is 19.8 Å². The van der Waals surface area contributed by atoms with Gasteiger partial charge in [0.25, 0.3) is 0 Å². The maximum Gasteiger partial charge on any atom is 0.336 e. The lowest BCUT2D eigenvalue weighted by Gasteiger charge is -2.13. The van der Waals surface area contributed by atoms with Crippen molar-refractivity contribution in [1.82, 2.24) is 0 Å². The summed E-state index contributed by atoms with van der Waals surface area (Å²) in [5, 5.41) is 23.0. The molecule has 0 radical (unpaired) electrons. The van der Waals surface area contributed by atoms with Crippen molar-refractivity contribution in [2.24, 2.45) is 0 Å². The van der Waals surface area contributed by atoms with Crippen molar-refractivity contribution >= 4 is 44.3 Å². The SMILES string of the molecule is O=C(O)c1c2ccccc2c(C(=O)O)c2cc3ccccc3cc12. The first-order valence-electron chi connectivity index (χ1n) is 7.41. The van der Waals surface area contributed by atoms with Crippen LogP contribution in [0.15, 0.2) is 60.7 Å². The molecule has 116 valence electrons. The quantitative estimate of drug-likeness (QED) is 0.532. The molecular weight excluding hydrogens is 304 g/mol. The Bertz CT molecular complexity index is 1070. The van der Waals surface area contributed by atoms with Gasteiger partial charge >= 0.3 is 11.9 Å². The molecule has 4 heteroatoms. The number of fused-ring (bicyclic) bond motifs is 3. The smallest absolute Gasteiger partial charge is 0.336 e. The van der Waals surface area contributed by atoms with Gasteiger partial charge in [-0.25, -0.2) is 9.59 Å². The lowest BCUT2D eigenvalue weighted by molar-refractivity contribution is 0.0687. The van der Waals surface area contributed by atoms with Gasteiger partial charge in [-0.3, -0.25) is 0 Å². The van der Waals surface area contributed by atoms with E-state index in [1.54, 1.807) is 36.4 Å². The third kappa shape index (κ3) is 1.93. The van der Waals surface area contributed by atoms with Crippen LogP contribution in [0.1, 0.15) is 20.7 Å². The molecule has 0 saturated carbocycles. The van der Waals surface area contributed by atoms with Crippen molar-refractivity contribution in [3.05, 3.63) is 71.8 Å². The predicted molar refractivity (Wildman–Crippen MR) is 92.9 cm³/mol. The zero-order valence-corrected chi connectivity index (χ0v) is 12.5. The second-order valence-electron chi connectivity index (χ2n) is 5.65. The van der Waals surface area contributed by atoms with Crippen molar-refractivity contribution in [2.75, 3.05) is 0 Å². The normalized spacial score (nSPS) is 11.2. The Hall–Kier alpha value is -3.40. The standard InChI is InChI=1S/C20H12O4/c21-19(22)17-13-7-3-4-8-14(13)18(20(23)24)16-10-12-6-2-1-5-11(12)9-15(16)17/h1-10H,(H,21,22)(H,23,24). The number of carboxylic acids is 2. The zero-order valence-electron chi connectivity index (χ0n) is 12.5. The van der Waals surface area contributed by atoms with Crippen molar-refractivity contribution in [2.45, 2.75) is 0 Å². The molecule has 0 aliphatic carbocycles. The molecular formula is C20H12O4. The maximum absolute atomic E-state index is 11.9. The number of hydrogen-bond acceptors (Lipinski definition) is 2. The summed E-state index contributed by atoms with van der Waals surface area (Å²) in [4.78, 5) is 23.8. The van der Waals surface area contributed by atoms with Crippen LogP contribution in [0.3, 0.4) is 0 Å². The number of hydrogen-bond donors (Lipinski definition) is 2. The van der Waals surface area contributed by atoms with E-state index in [-0.39, 0.29) is 11.1 Å². The van der Waals surface area contributed by atoms with E-state index < -0.39 is 11.9 Å². The highest BCUT2D eigenvalue weighted by Gasteiger charge is 2.21. The second-order valence-corrected chi connectivity index (χ2v) is 5.65. The Morgan fingerprint density at radius 3 is 1.33 bits per heavy atom. The van der Waals surface area contributed by atoms with Gasteiger partial charge < -0.3 is 10.2 Å². The van der Waals surface area contributed by atoms with Crippen LogP contribution in [0.4, 0.5) is 0 Å². The van der Waals surface area contributed by atoms with Crippen molar-refractivity contribution in [3.63, 3.8) is 0 Å². The summed E-state index contributed by atoms with van der Waals surface area (Å²) in [7, 11) is 0. The average molecular weight is 316 g/mol. The van der Waals surface area contributed by atoms with Gasteiger partial charge in [0.15, 0.2) is 0 Å². The molecule has 0 saturated heterocycles. The van der Waals surface area contributed by atoms with Crippen LogP contribution in [0.5, 0.6) is 0 Å². The molecule has 24 heavy (non-hydrogen) atoms. The fourth-order valence-electron chi connectivity index (χ4n) is 3.32. The van der Waals surface area contributed by atoms with Crippen LogP contribution in [0.25, 0.3) is 32.3 Å². The molecule has 0 fully saturated rings. The Kier molecular flexibility index (Phi) is 3.00. The van der Waals surface area contributed by atoms with E-state index in [0.717, 1.165) is 10.8 Å². The summed E-state index contributed by atoms with van der Waals surface area (Å²) in [5.41, 5.74) is 0.271. The summed E-state index contributed by atoms with van der Waals surface area (Å²) in [5.74, 6) is -2.13. The summed E-state index contributed by atoms with van der Waals surface area (Å²) < 4.78 is 0. The van der Waals surface area contributed by atoms with Crippen molar-refractivity contribution in [1.29, 1.82) is 0 Å². The minimum absolute atomic E-state index is 0.136. The van der Waals surface area contributed by atoms with Crippen LogP contribution in [0.2, 0.25) is 0 Å². The summed E-state index contributed by atoms with van der Waals surface area (Å²) in [6.45, 7) is 0. The lowest BCUT2D eigenvalue weighted by Crippen LogP contribution is -2.05. The molecule has 4 rings (SSSR count). The van der Waals surface area contributed by atoms with E-state index >= 15 is 0 Å². The van der Waals surface area contributed by atoms with Gasteiger partial charge in [0, 0.05) is 0 Å². The van der Waals surface area contributed by atoms with E-state index in [0.29, 0.717) is 21.5 Å². The first-order chi connectivity index (χ1) is 11.6. The number of carboxylic acid groups (broad SMARTS) is 2. The Morgan fingerprint density at radius 2 is 0.958 bits per heavy atom. The highest BCUT2D eigenvalue weighted by Crippen LogP contribution is 2.35. The van der Waals surface area contributed by atoms with E-state index in [1.807, 2.05) is 24.3 Å². The fraction of sp³-hybridized carbons (Fsp3) is 0. The van der Waals surface area contributed by atoms with Crippen LogP contribution in [0, 0.1) is 0 Å². The predicted octanol–water partition coefficient (Wildman–Crippen LogP) is 4.54. The minimum Gasteiger partial charge on any atom is -0.478 e. The van der Waals surface area contributed by atoms with Crippen molar-refractivity contribution in [3.8, 4) is 0 Å². The van der Waals surface area contributed by atoms with Gasteiger partial charge in [-0.05, 0) is 44.5 Å². The van der Waals surface area contributed by atoms with E-state index in [2.05, 4.69) is 0 Å². The van der Waals surface area contributed by atoms with Gasteiger partial charge in [-0.15, -0.1) is 0 Å². The Labute approximate surface area is 136 Å². The molecule has 0 spiro atoms. The number of aromatic carboxylic acids is 2. The van der Waals surface area contributed by atoms with Crippen LogP contribution >= 0.6 is 0 Å². The molecule has 0 aliphatic rings. The molecule has 2 N–H and O–H groups in total. The largest absolute Gasteiger partial charge is 0.478 e. The molecule has 0 aromatic heterocycles. The number of benzene rings is 4. The second kappa shape index (κ2) is 5.06. The van der Waals surface area contributed by atoms with E-state index in [9.17, 15) is 19.8 Å². The highest BCUT2D eigenvalue weighted by atomic mass is 16.4. The number of carbonyl (C=O) groups is 2. The molecule has 0 aliphatic heterocycles. The molecule has 0 atom stereocenters. The monoisotopic (exact) mass is 316 g/mol. The molecule has 0 bridgehead atoms. The van der Waals surface area contributed by atoms with E-state index in [4.69, 9.17) is 0 Å². The molecule has 4 aromatic carbocycles. The van der Waals surface area contributed by atoms with Gasteiger partial charge in [-0.1, -0.05) is 48.5 Å². The molecule has 0 heterocycles. The van der Waals surface area contributed by atoms with Gasteiger partial charge in [0.1, 0.15) is 0 Å². The summed E-state index contributed by atoms with van der Waals surface area (Å²) >= 11 is 0. The third-order valence-corrected chi connectivity index (χ3v) is 4.32. The molecule has 0 unspecified atom stereocenters. The minimum atomic E-state index is -1.07. The Morgan fingerprint density at radius 1 is 0.583 bits per heavy atom. The average Bonchev–Trinajstić information content (AvgIpc) is 2.57. The highest BCUT2D eigenvalue weighted by molar-refractivity contribution is 6.25. The van der Waals surface area contributed by atoms with Gasteiger partial charge in [0.05, 0.1) is 11.1 Å². The molecule has 4 nitrogen and oxygen atoms in total. The Balaban J connectivity index is 2.37. The topological polar surface area (TPSA) is 74.6 Å². The maximum atomic E-state index is 11.9. The third-order valence-electron chi connectivity index (χ3n) is 4.32. The summed E-state index contributed by atoms with van der Waals surface area (Å²) in [6.07, 6.45) is 0. The molecule has 0 amide bonds. The lowest BCUT2D eigenvalue weighted by atomic mass is 9.90. The number of rotatable bonds is 2. The van der Waals surface area contributed by atoms with E-state index in [1.165, 1.54) is 0 Å². The first-order valence-corrected chi connectivity index (χ1v) is 7.41. The fourth-order valence-corrected chi connectivity index (χ4v) is 3.32. The van der Waals surface area contributed by atoms with Crippen LogP contribution in [-0.2, 0) is 0 Å². The molecule has 4 aromatic rings. The van der Waals surface area contributed by atoms with Gasteiger partial charge in [0.2, 0.25) is 0 Å². The van der Waals surface area contributed by atoms with Crippen LogP contribution in [-0.4, -0.2) is 22.2 Å². The first kappa shape index (κ1) is 14.2.